The Balaban J connectivity index is 1.05. The van der Waals surface area contributed by atoms with Crippen molar-refractivity contribution in [2.75, 3.05) is 25.4 Å². The molecule has 4 heterocycles. The van der Waals surface area contributed by atoms with Gasteiger partial charge in [-0.25, -0.2) is 14.2 Å². The number of aliphatic hydroxyl groups is 1. The van der Waals surface area contributed by atoms with Crippen LogP contribution in [-0.4, -0.2) is 97.3 Å². The second kappa shape index (κ2) is 17.4. The maximum Gasteiger partial charge on any atom is 0.469 e. The minimum Gasteiger partial charge on any atom is -0.390 e. The number of hydrogen-bond acceptors (Lipinski definition) is 10. The second-order valence-corrected chi connectivity index (χ2v) is 14.2. The third kappa shape index (κ3) is 11.6. The summed E-state index contributed by atoms with van der Waals surface area (Å²) in [4.78, 5) is 80.2. The van der Waals surface area contributed by atoms with Crippen molar-refractivity contribution in [3.63, 3.8) is 0 Å². The molecule has 1 aromatic rings. The molecule has 0 aliphatic carbocycles. The van der Waals surface area contributed by atoms with E-state index >= 15 is 0 Å². The molecule has 0 radical (unpaired) electrons. The van der Waals surface area contributed by atoms with E-state index in [0.29, 0.717) is 31.1 Å². The van der Waals surface area contributed by atoms with Crippen molar-refractivity contribution in [3.8, 4) is 0 Å². The lowest BCUT2D eigenvalue weighted by Crippen LogP contribution is -2.36. The Labute approximate surface area is 274 Å². The number of aromatic amines is 1. The Morgan fingerprint density at radius 2 is 1.83 bits per heavy atom. The van der Waals surface area contributed by atoms with Crippen molar-refractivity contribution in [2.45, 2.75) is 93.6 Å². The van der Waals surface area contributed by atoms with Crippen LogP contribution in [0.1, 0.15) is 69.6 Å². The highest BCUT2D eigenvalue weighted by molar-refractivity contribution is 8.00. The summed E-state index contributed by atoms with van der Waals surface area (Å²) in [6.07, 6.45) is 6.52. The third-order valence-corrected chi connectivity index (χ3v) is 10.1. The molecule has 3 aliphatic heterocycles. The Bertz CT molecular complexity index is 1450. The average Bonchev–Trinajstić information content (AvgIpc) is 3.68. The summed E-state index contributed by atoms with van der Waals surface area (Å²) in [6.45, 7) is 0.0970. The van der Waals surface area contributed by atoms with Gasteiger partial charge in [0.2, 0.25) is 11.8 Å². The summed E-state index contributed by atoms with van der Waals surface area (Å²) >= 11 is 1.87. The highest BCUT2D eigenvalue weighted by atomic mass is 32.2. The molecule has 0 spiro atoms. The number of phosphoric acid groups is 1. The van der Waals surface area contributed by atoms with Crippen LogP contribution in [0.25, 0.3) is 6.08 Å². The van der Waals surface area contributed by atoms with Crippen LogP contribution in [0.4, 0.5) is 4.79 Å². The molecule has 4 rings (SSSR count). The van der Waals surface area contributed by atoms with E-state index in [9.17, 15) is 33.6 Å². The van der Waals surface area contributed by atoms with Gasteiger partial charge in [-0.05, 0) is 25.7 Å². The van der Waals surface area contributed by atoms with E-state index in [4.69, 9.17) is 14.5 Å². The zero-order valence-corrected chi connectivity index (χ0v) is 27.5. The Morgan fingerprint density at radius 1 is 1.09 bits per heavy atom. The highest BCUT2D eigenvalue weighted by Crippen LogP contribution is 2.38. The van der Waals surface area contributed by atoms with Crippen molar-refractivity contribution < 1.29 is 43.1 Å². The number of fused-ring (bicyclic) bond motifs is 1. The van der Waals surface area contributed by atoms with Crippen LogP contribution in [0.3, 0.4) is 0 Å². The molecule has 6 atom stereocenters. The molecule has 4 amide bonds. The topological polar surface area (TPSA) is 250 Å². The smallest absolute Gasteiger partial charge is 0.390 e. The summed E-state index contributed by atoms with van der Waals surface area (Å²) in [7, 11) is -4.78. The van der Waals surface area contributed by atoms with Gasteiger partial charge >= 0.3 is 19.5 Å². The largest absolute Gasteiger partial charge is 0.469 e. The van der Waals surface area contributed by atoms with Gasteiger partial charge in [0.1, 0.15) is 12.3 Å². The molecule has 19 heteroatoms. The van der Waals surface area contributed by atoms with Crippen molar-refractivity contribution in [2.24, 2.45) is 0 Å². The number of H-pyrrole nitrogens is 1. The number of nitrogens with zero attached hydrogens (tertiary/aromatic N) is 1. The Morgan fingerprint density at radius 3 is 2.60 bits per heavy atom. The maximum absolute atomic E-state index is 12.3. The van der Waals surface area contributed by atoms with Crippen LogP contribution in [0.15, 0.2) is 21.9 Å². The van der Waals surface area contributed by atoms with Gasteiger partial charge in [-0.3, -0.25) is 28.5 Å². The molecule has 17 nitrogen and oxygen atoms in total. The fraction of sp³-hybridized carbons (Fsp3) is 0.679. The van der Waals surface area contributed by atoms with Crippen molar-refractivity contribution >= 4 is 43.5 Å². The lowest BCUT2D eigenvalue weighted by atomic mass is 10.0. The molecule has 0 bridgehead atoms. The number of nitrogens with one attached hydrogen (secondary N) is 5. The molecule has 3 saturated heterocycles. The maximum atomic E-state index is 12.3. The number of urea groups is 1. The van der Waals surface area contributed by atoms with E-state index in [1.54, 1.807) is 6.08 Å². The number of carbonyl (C=O) groups excluding carboxylic acids is 3. The first-order valence-electron chi connectivity index (χ1n) is 15.7. The van der Waals surface area contributed by atoms with E-state index in [2.05, 4.69) is 30.8 Å². The normalized spacial score (nSPS) is 25.5. The van der Waals surface area contributed by atoms with Gasteiger partial charge in [-0.1, -0.05) is 25.0 Å². The van der Waals surface area contributed by atoms with Crippen LogP contribution >= 0.6 is 19.6 Å². The van der Waals surface area contributed by atoms with Crippen molar-refractivity contribution in [1.82, 2.24) is 30.8 Å². The molecule has 3 fully saturated rings. The number of unbranched alkanes of at least 4 members (excludes halogenated alkanes) is 3. The van der Waals surface area contributed by atoms with E-state index in [1.807, 2.05) is 11.8 Å². The minimum atomic E-state index is -4.78. The predicted octanol–water partition coefficient (Wildman–Crippen LogP) is -0.174. The molecule has 47 heavy (non-hydrogen) atoms. The molecule has 3 aliphatic rings. The van der Waals surface area contributed by atoms with Gasteiger partial charge in [-0.15, -0.1) is 0 Å². The second-order valence-electron chi connectivity index (χ2n) is 11.7. The van der Waals surface area contributed by atoms with Crippen LogP contribution in [0.5, 0.6) is 0 Å². The zero-order chi connectivity index (χ0) is 34.0. The number of phosphoric ester groups is 1. The first-order valence-corrected chi connectivity index (χ1v) is 18.2. The Hall–Kier alpha value is -2.99. The molecule has 0 unspecified atom stereocenters. The average molecular weight is 703 g/mol. The fourth-order valence-corrected chi connectivity index (χ4v) is 7.55. The van der Waals surface area contributed by atoms with Crippen molar-refractivity contribution in [1.29, 1.82) is 0 Å². The highest BCUT2D eigenvalue weighted by Gasteiger charge is 2.42. The summed E-state index contributed by atoms with van der Waals surface area (Å²) < 4.78 is 21.9. The summed E-state index contributed by atoms with van der Waals surface area (Å²) in [5.74, 6) is 0.768. The summed E-state index contributed by atoms with van der Waals surface area (Å²) in [5, 5.41) is 22.1. The van der Waals surface area contributed by atoms with Gasteiger partial charge in [0.25, 0.3) is 5.56 Å². The number of carbonyl (C=O) groups is 3. The van der Waals surface area contributed by atoms with E-state index in [-0.39, 0.29) is 48.5 Å². The van der Waals surface area contributed by atoms with E-state index in [1.165, 1.54) is 12.3 Å². The minimum absolute atomic E-state index is 0.0156. The quantitative estimate of drug-likeness (QED) is 0.0564. The van der Waals surface area contributed by atoms with Crippen LogP contribution < -0.4 is 32.5 Å². The molecule has 1 aromatic heterocycles. The first kappa shape index (κ1) is 36.8. The molecule has 8 N–H and O–H groups in total. The van der Waals surface area contributed by atoms with Gasteiger partial charge in [-0.2, -0.15) is 11.8 Å². The summed E-state index contributed by atoms with van der Waals surface area (Å²) in [5.41, 5.74) is -1.36. The third-order valence-electron chi connectivity index (χ3n) is 8.11. The SMILES string of the molecule is O=C(CCCCCNC(=O)CCCC[C@@H]1SC[C@@H]2NC(=O)N[C@@H]21)NC/C=C/c1cn([C@H]2C[C@H](O)[C@@H](COP(=O)(O)O)O2)c(=O)[nH]c1=O. The number of hydrogen-bond donors (Lipinski definition) is 8. The molecular formula is C28H43N6O11PS. The fourth-order valence-electron chi connectivity index (χ4n) is 5.66. The molecule has 0 aromatic carbocycles. The van der Waals surface area contributed by atoms with Gasteiger partial charge < -0.3 is 40.9 Å². The number of aliphatic hydroxyl groups excluding tert-OH is 1. The lowest BCUT2D eigenvalue weighted by molar-refractivity contribution is -0.122. The van der Waals surface area contributed by atoms with E-state index in [0.717, 1.165) is 42.4 Å². The van der Waals surface area contributed by atoms with Crippen LogP contribution in [0, 0.1) is 0 Å². The van der Waals surface area contributed by atoms with Crippen LogP contribution in [0.2, 0.25) is 0 Å². The van der Waals surface area contributed by atoms with Crippen molar-refractivity contribution in [3.05, 3.63) is 38.7 Å². The predicted molar refractivity (Wildman–Crippen MR) is 171 cm³/mol. The number of aromatic nitrogens is 2. The van der Waals surface area contributed by atoms with Crippen LogP contribution in [-0.2, 0) is 23.4 Å². The monoisotopic (exact) mass is 702 g/mol. The standard InChI is InChI=1S/C28H43N6O11PS/c35-19-13-24(45-20(19)15-44-46(41,42)43)34-14-17(26(38)33-28(34)40)7-6-12-30-22(36)9-2-1-5-11-29-23(37)10-4-3-8-21-25-18(16-47-21)31-27(39)32-25/h6-7,14,18-21,24-25,35H,1-5,8-13,15-16H2,(H,29,37)(H,30,36)(H2,31,32,39)(H,33,38,40)(H2,41,42,43)/b7-6+/t18-,19-,20+,21-,24+,25-/m0/s1. The summed E-state index contributed by atoms with van der Waals surface area (Å²) in [6, 6.07) is 0.301. The lowest BCUT2D eigenvalue weighted by Gasteiger charge is -2.16. The van der Waals surface area contributed by atoms with Gasteiger partial charge in [0.05, 0.1) is 30.4 Å². The molecule has 0 saturated carbocycles. The number of amides is 4. The zero-order valence-electron chi connectivity index (χ0n) is 25.8. The number of rotatable bonds is 18. The van der Waals surface area contributed by atoms with Gasteiger partial charge in [0.15, 0.2) is 0 Å². The number of ether oxygens (including phenoxy) is 1. The molecule has 262 valence electrons. The van der Waals surface area contributed by atoms with E-state index < -0.39 is 44.1 Å². The number of thioether (sulfide) groups is 1. The Kier molecular flexibility index (Phi) is 13.7. The molecular weight excluding hydrogens is 659 g/mol. The first-order chi connectivity index (χ1) is 22.4. The van der Waals surface area contributed by atoms with Gasteiger partial charge in [0, 0.05) is 49.6 Å².